The molecule has 90 valence electrons. The fourth-order valence-corrected chi connectivity index (χ4v) is 1.99. The van der Waals surface area contributed by atoms with E-state index in [1.54, 1.807) is 0 Å². The molecule has 0 N–H and O–H groups in total. The van der Waals surface area contributed by atoms with Gasteiger partial charge < -0.3 is 4.74 Å². The van der Waals surface area contributed by atoms with E-state index in [9.17, 15) is 4.79 Å². The monoisotopic (exact) mass is 294 g/mol. The van der Waals surface area contributed by atoms with E-state index in [0.29, 0.717) is 11.3 Å². The lowest BCUT2D eigenvalue weighted by Gasteiger charge is -2.21. The maximum Gasteiger partial charge on any atom is 0.153 e. The van der Waals surface area contributed by atoms with Crippen LogP contribution in [0.3, 0.4) is 0 Å². The number of carbonyl (C=O) groups is 1. The quantitative estimate of drug-likeness (QED) is 0.629. The van der Waals surface area contributed by atoms with Crippen molar-refractivity contribution in [2.45, 2.75) is 26.2 Å². The van der Waals surface area contributed by atoms with Crippen LogP contribution in [0.4, 0.5) is 0 Å². The van der Waals surface area contributed by atoms with Gasteiger partial charge >= 0.3 is 0 Å². The molecule has 0 atom stereocenters. The SMILES string of the molecule is C#CCOc1c(Br)cc(C(C)(C)C)cc1C=O. The Balaban J connectivity index is 3.27. The maximum absolute atomic E-state index is 11.1. The zero-order valence-electron chi connectivity index (χ0n) is 10.2. The molecule has 0 aromatic heterocycles. The van der Waals surface area contributed by atoms with Crippen LogP contribution in [-0.4, -0.2) is 12.9 Å². The van der Waals surface area contributed by atoms with E-state index in [0.717, 1.165) is 16.3 Å². The number of ether oxygens (including phenoxy) is 1. The third-order valence-corrected chi connectivity index (χ3v) is 2.95. The zero-order valence-corrected chi connectivity index (χ0v) is 11.8. The van der Waals surface area contributed by atoms with Crippen LogP contribution in [0.1, 0.15) is 36.7 Å². The summed E-state index contributed by atoms with van der Waals surface area (Å²) < 4.78 is 6.11. The molecule has 1 rings (SSSR count). The van der Waals surface area contributed by atoms with E-state index in [1.807, 2.05) is 12.1 Å². The standard InChI is InChI=1S/C14H15BrO2/c1-5-6-17-13-10(9-16)7-11(8-12(13)15)14(2,3)4/h1,7-9H,6H2,2-4H3. The van der Waals surface area contributed by atoms with Crippen LogP contribution in [-0.2, 0) is 5.41 Å². The van der Waals surface area contributed by atoms with Crippen LogP contribution in [0.2, 0.25) is 0 Å². The Morgan fingerprint density at radius 1 is 1.47 bits per heavy atom. The molecule has 0 aliphatic heterocycles. The molecule has 0 aliphatic rings. The molecule has 0 heterocycles. The third-order valence-electron chi connectivity index (χ3n) is 2.37. The lowest BCUT2D eigenvalue weighted by molar-refractivity contribution is 0.112. The normalized spacial score (nSPS) is 10.8. The van der Waals surface area contributed by atoms with Gasteiger partial charge in [-0.25, -0.2) is 0 Å². The summed E-state index contributed by atoms with van der Waals surface area (Å²) in [7, 11) is 0. The molecule has 0 saturated heterocycles. The molecule has 0 fully saturated rings. The maximum atomic E-state index is 11.1. The van der Waals surface area contributed by atoms with E-state index in [-0.39, 0.29) is 12.0 Å². The van der Waals surface area contributed by atoms with Gasteiger partial charge in [-0.3, -0.25) is 4.79 Å². The summed E-state index contributed by atoms with van der Waals surface area (Å²) in [6.07, 6.45) is 5.92. The highest BCUT2D eigenvalue weighted by atomic mass is 79.9. The van der Waals surface area contributed by atoms with Crippen LogP contribution >= 0.6 is 15.9 Å². The number of terminal acetylenes is 1. The van der Waals surface area contributed by atoms with Crippen molar-refractivity contribution in [3.8, 4) is 18.1 Å². The highest BCUT2D eigenvalue weighted by Gasteiger charge is 2.18. The molecule has 17 heavy (non-hydrogen) atoms. The molecule has 1 aromatic carbocycles. The highest BCUT2D eigenvalue weighted by Crippen LogP contribution is 2.34. The van der Waals surface area contributed by atoms with Crippen molar-refractivity contribution in [1.29, 1.82) is 0 Å². The minimum Gasteiger partial charge on any atom is -0.479 e. The first-order valence-electron chi connectivity index (χ1n) is 5.25. The topological polar surface area (TPSA) is 26.3 Å². The molecular formula is C14H15BrO2. The summed E-state index contributed by atoms with van der Waals surface area (Å²) in [4.78, 5) is 11.1. The Bertz CT molecular complexity index is 464. The third kappa shape index (κ3) is 3.34. The van der Waals surface area contributed by atoms with Crippen molar-refractivity contribution < 1.29 is 9.53 Å². The molecule has 0 unspecified atom stereocenters. The number of hydrogen-bond acceptors (Lipinski definition) is 2. The summed E-state index contributed by atoms with van der Waals surface area (Å²) >= 11 is 3.41. The molecule has 0 aliphatic carbocycles. The van der Waals surface area contributed by atoms with Crippen molar-refractivity contribution in [3.05, 3.63) is 27.7 Å². The smallest absolute Gasteiger partial charge is 0.153 e. The Kier molecular flexibility index (Phi) is 4.36. The second-order valence-corrected chi connectivity index (χ2v) is 5.59. The van der Waals surface area contributed by atoms with Gasteiger partial charge in [-0.2, -0.15) is 0 Å². The fourth-order valence-electron chi connectivity index (χ4n) is 1.40. The average Bonchev–Trinajstić information content (AvgIpc) is 2.25. The molecular weight excluding hydrogens is 280 g/mol. The molecule has 0 bridgehead atoms. The van der Waals surface area contributed by atoms with E-state index in [1.165, 1.54) is 0 Å². The van der Waals surface area contributed by atoms with Gasteiger partial charge in [-0.05, 0) is 39.0 Å². The van der Waals surface area contributed by atoms with E-state index in [4.69, 9.17) is 11.2 Å². The number of rotatable bonds is 3. The van der Waals surface area contributed by atoms with Crippen molar-refractivity contribution in [2.24, 2.45) is 0 Å². The van der Waals surface area contributed by atoms with Gasteiger partial charge in [0.15, 0.2) is 6.29 Å². The molecule has 3 heteroatoms. The van der Waals surface area contributed by atoms with Gasteiger partial charge in [-0.1, -0.05) is 26.7 Å². The Labute approximate surface area is 110 Å². The number of halogens is 1. The molecule has 0 radical (unpaired) electrons. The van der Waals surface area contributed by atoms with Gasteiger partial charge in [0.25, 0.3) is 0 Å². The number of carbonyl (C=O) groups excluding carboxylic acids is 1. The van der Waals surface area contributed by atoms with Crippen molar-refractivity contribution in [2.75, 3.05) is 6.61 Å². The minimum absolute atomic E-state index is 0.0229. The van der Waals surface area contributed by atoms with Gasteiger partial charge in [0, 0.05) is 0 Å². The summed E-state index contributed by atoms with van der Waals surface area (Å²) in [6, 6.07) is 3.79. The Hall–Kier alpha value is -1.27. The molecule has 0 amide bonds. The van der Waals surface area contributed by atoms with Gasteiger partial charge in [0.05, 0.1) is 10.0 Å². The van der Waals surface area contributed by atoms with E-state index >= 15 is 0 Å². The summed E-state index contributed by atoms with van der Waals surface area (Å²) in [5.74, 6) is 2.89. The Morgan fingerprint density at radius 2 is 2.12 bits per heavy atom. The summed E-state index contributed by atoms with van der Waals surface area (Å²) in [6.45, 7) is 6.41. The van der Waals surface area contributed by atoms with E-state index < -0.39 is 0 Å². The van der Waals surface area contributed by atoms with E-state index in [2.05, 4.69) is 42.6 Å². The van der Waals surface area contributed by atoms with Crippen LogP contribution in [0.5, 0.6) is 5.75 Å². The molecule has 2 nitrogen and oxygen atoms in total. The largest absolute Gasteiger partial charge is 0.479 e. The number of benzene rings is 1. The summed E-state index contributed by atoms with van der Waals surface area (Å²) in [5, 5.41) is 0. The first kappa shape index (κ1) is 13.8. The fraction of sp³-hybridized carbons (Fsp3) is 0.357. The Morgan fingerprint density at radius 3 is 2.59 bits per heavy atom. The first-order chi connectivity index (χ1) is 7.90. The predicted octanol–water partition coefficient (Wildman–Crippen LogP) is 3.57. The number of hydrogen-bond donors (Lipinski definition) is 0. The first-order valence-corrected chi connectivity index (χ1v) is 6.05. The second-order valence-electron chi connectivity index (χ2n) is 4.74. The lowest BCUT2D eigenvalue weighted by Crippen LogP contribution is -2.12. The van der Waals surface area contributed by atoms with Crippen LogP contribution in [0.15, 0.2) is 16.6 Å². The number of aldehydes is 1. The van der Waals surface area contributed by atoms with Crippen molar-refractivity contribution in [1.82, 2.24) is 0 Å². The predicted molar refractivity (Wildman–Crippen MR) is 72.6 cm³/mol. The van der Waals surface area contributed by atoms with Gasteiger partial charge in [0.2, 0.25) is 0 Å². The highest BCUT2D eigenvalue weighted by molar-refractivity contribution is 9.10. The van der Waals surface area contributed by atoms with Crippen LogP contribution in [0.25, 0.3) is 0 Å². The molecule has 1 aromatic rings. The summed E-state index contributed by atoms with van der Waals surface area (Å²) in [5.41, 5.74) is 1.56. The lowest BCUT2D eigenvalue weighted by atomic mass is 9.86. The molecule has 0 spiro atoms. The zero-order chi connectivity index (χ0) is 13.1. The average molecular weight is 295 g/mol. The van der Waals surface area contributed by atoms with Crippen molar-refractivity contribution >= 4 is 22.2 Å². The molecule has 0 saturated carbocycles. The minimum atomic E-state index is -0.0229. The van der Waals surface area contributed by atoms with Crippen LogP contribution in [0, 0.1) is 12.3 Å². The van der Waals surface area contributed by atoms with Crippen molar-refractivity contribution in [3.63, 3.8) is 0 Å². The van der Waals surface area contributed by atoms with Gasteiger partial charge in [0.1, 0.15) is 12.4 Å². The van der Waals surface area contributed by atoms with Gasteiger partial charge in [-0.15, -0.1) is 6.42 Å². The second kappa shape index (κ2) is 5.37. The van der Waals surface area contributed by atoms with Crippen LogP contribution < -0.4 is 4.74 Å².